The number of esters is 1. The van der Waals surface area contributed by atoms with Crippen LogP contribution in [0.1, 0.15) is 19.5 Å². The van der Waals surface area contributed by atoms with Crippen LogP contribution in [0.5, 0.6) is 0 Å². The predicted octanol–water partition coefficient (Wildman–Crippen LogP) is 0.582. The quantitative estimate of drug-likeness (QED) is 0.764. The van der Waals surface area contributed by atoms with Gasteiger partial charge < -0.3 is 15.8 Å². The molecule has 6 nitrogen and oxygen atoms in total. The normalized spacial score (nSPS) is 12.2. The maximum absolute atomic E-state index is 11.8. The first-order valence-electron chi connectivity index (χ1n) is 5.51. The average molecular weight is 271 g/mol. The molecule has 18 heavy (non-hydrogen) atoms. The van der Waals surface area contributed by atoms with Gasteiger partial charge in [0.05, 0.1) is 19.2 Å². The molecule has 3 N–H and O–H groups in total. The summed E-state index contributed by atoms with van der Waals surface area (Å²) in [7, 11) is 1.30. The second-order valence-electron chi connectivity index (χ2n) is 4.17. The number of nitrogens with zero attached hydrogens (tertiary/aromatic N) is 1. The Labute approximate surface area is 110 Å². The Kier molecular flexibility index (Phi) is 5.08. The number of nitrogen functional groups attached to an aromatic ring is 1. The van der Waals surface area contributed by atoms with Crippen molar-refractivity contribution in [2.75, 3.05) is 12.8 Å². The molecule has 1 rings (SSSR count). The van der Waals surface area contributed by atoms with Gasteiger partial charge in [-0.2, -0.15) is 0 Å². The van der Waals surface area contributed by atoms with Gasteiger partial charge in [-0.15, -0.1) is 11.3 Å². The summed E-state index contributed by atoms with van der Waals surface area (Å²) in [4.78, 5) is 27.2. The van der Waals surface area contributed by atoms with E-state index in [4.69, 9.17) is 5.73 Å². The summed E-state index contributed by atoms with van der Waals surface area (Å²) in [5.74, 6) is -0.762. The smallest absolute Gasteiger partial charge is 0.328 e. The fraction of sp³-hybridized carbons (Fsp3) is 0.545. The second-order valence-corrected chi connectivity index (χ2v) is 5.06. The molecule has 1 aromatic heterocycles. The van der Waals surface area contributed by atoms with Crippen LogP contribution in [0.4, 0.5) is 5.13 Å². The predicted molar refractivity (Wildman–Crippen MR) is 69.0 cm³/mol. The number of nitrogens with two attached hydrogens (primary N) is 1. The molecule has 1 amide bonds. The highest BCUT2D eigenvalue weighted by Crippen LogP contribution is 2.11. The lowest BCUT2D eigenvalue weighted by molar-refractivity contribution is -0.146. The molecule has 0 aliphatic carbocycles. The van der Waals surface area contributed by atoms with Gasteiger partial charge in [-0.3, -0.25) is 4.79 Å². The zero-order valence-electron chi connectivity index (χ0n) is 10.6. The van der Waals surface area contributed by atoms with E-state index in [1.165, 1.54) is 18.4 Å². The minimum atomic E-state index is -0.640. The van der Waals surface area contributed by atoms with Crippen LogP contribution in [0.3, 0.4) is 0 Å². The lowest BCUT2D eigenvalue weighted by atomic mass is 10.0. The molecule has 0 saturated heterocycles. The van der Waals surface area contributed by atoms with E-state index in [2.05, 4.69) is 15.0 Å². The average Bonchev–Trinajstić information content (AvgIpc) is 2.70. The van der Waals surface area contributed by atoms with E-state index in [0.29, 0.717) is 10.8 Å². The zero-order valence-corrected chi connectivity index (χ0v) is 11.4. The summed E-state index contributed by atoms with van der Waals surface area (Å²) in [6.07, 6.45) is 0.105. The minimum Gasteiger partial charge on any atom is -0.467 e. The highest BCUT2D eigenvalue weighted by Gasteiger charge is 2.24. The molecular formula is C11H17N3O3S. The molecule has 0 saturated carbocycles. The molecule has 1 atom stereocenters. The van der Waals surface area contributed by atoms with Crippen molar-refractivity contribution >= 4 is 28.3 Å². The number of anilines is 1. The van der Waals surface area contributed by atoms with E-state index < -0.39 is 12.0 Å². The Balaban J connectivity index is 2.59. The third kappa shape index (κ3) is 3.99. The summed E-state index contributed by atoms with van der Waals surface area (Å²) < 4.78 is 4.64. The molecule has 0 aromatic carbocycles. The van der Waals surface area contributed by atoms with Gasteiger partial charge >= 0.3 is 5.97 Å². The number of amides is 1. The Morgan fingerprint density at radius 3 is 2.67 bits per heavy atom. The fourth-order valence-corrected chi connectivity index (χ4v) is 1.98. The van der Waals surface area contributed by atoms with Crippen molar-refractivity contribution < 1.29 is 14.3 Å². The largest absolute Gasteiger partial charge is 0.467 e. The molecule has 0 spiro atoms. The topological polar surface area (TPSA) is 94.3 Å². The lowest BCUT2D eigenvalue weighted by Gasteiger charge is -2.19. The minimum absolute atomic E-state index is 0.0399. The highest BCUT2D eigenvalue weighted by molar-refractivity contribution is 7.13. The molecule has 1 heterocycles. The summed E-state index contributed by atoms with van der Waals surface area (Å²) >= 11 is 1.28. The molecule has 0 aliphatic rings. The van der Waals surface area contributed by atoms with Crippen molar-refractivity contribution in [2.24, 2.45) is 5.92 Å². The van der Waals surface area contributed by atoms with Crippen LogP contribution < -0.4 is 11.1 Å². The molecule has 0 radical (unpaired) electrons. The first-order chi connectivity index (χ1) is 8.43. The van der Waals surface area contributed by atoms with Crippen molar-refractivity contribution in [2.45, 2.75) is 26.3 Å². The molecular weight excluding hydrogens is 254 g/mol. The number of carbonyl (C=O) groups is 2. The van der Waals surface area contributed by atoms with Gasteiger partial charge in [0.15, 0.2) is 5.13 Å². The van der Waals surface area contributed by atoms with Crippen LogP contribution in [-0.2, 0) is 20.7 Å². The van der Waals surface area contributed by atoms with E-state index in [1.54, 1.807) is 5.38 Å². The molecule has 0 bridgehead atoms. The number of carbonyl (C=O) groups excluding carboxylic acids is 2. The van der Waals surface area contributed by atoms with Gasteiger partial charge in [0.2, 0.25) is 5.91 Å². The maximum atomic E-state index is 11.8. The molecule has 1 aromatic rings. The molecule has 0 fully saturated rings. The number of rotatable bonds is 5. The lowest BCUT2D eigenvalue weighted by Crippen LogP contribution is -2.45. The van der Waals surface area contributed by atoms with Gasteiger partial charge in [0, 0.05) is 5.38 Å². The Morgan fingerprint density at radius 1 is 1.56 bits per heavy atom. The summed E-state index contributed by atoms with van der Waals surface area (Å²) in [5, 5.41) is 4.78. The van der Waals surface area contributed by atoms with Crippen molar-refractivity contribution in [1.29, 1.82) is 0 Å². The number of thiazole rings is 1. The molecule has 1 unspecified atom stereocenters. The van der Waals surface area contributed by atoms with Gasteiger partial charge in [-0.25, -0.2) is 9.78 Å². The second kappa shape index (κ2) is 6.34. The van der Waals surface area contributed by atoms with Gasteiger partial charge in [-0.05, 0) is 5.92 Å². The summed E-state index contributed by atoms with van der Waals surface area (Å²) in [5.41, 5.74) is 6.07. The van der Waals surface area contributed by atoms with E-state index in [9.17, 15) is 9.59 Å². The zero-order chi connectivity index (χ0) is 13.7. The van der Waals surface area contributed by atoms with E-state index in [0.717, 1.165) is 0 Å². The molecule has 0 aliphatic heterocycles. The monoisotopic (exact) mass is 271 g/mol. The van der Waals surface area contributed by atoms with Crippen molar-refractivity contribution in [3.8, 4) is 0 Å². The summed E-state index contributed by atoms with van der Waals surface area (Å²) in [6.45, 7) is 3.67. The van der Waals surface area contributed by atoms with Crippen LogP contribution >= 0.6 is 11.3 Å². The number of aromatic nitrogens is 1. The highest BCUT2D eigenvalue weighted by atomic mass is 32.1. The molecule has 100 valence electrons. The van der Waals surface area contributed by atoms with Gasteiger partial charge in [-0.1, -0.05) is 13.8 Å². The van der Waals surface area contributed by atoms with Crippen LogP contribution in [-0.4, -0.2) is 30.0 Å². The SMILES string of the molecule is COC(=O)C(NC(=O)Cc1csc(N)n1)C(C)C. The number of hydrogen-bond acceptors (Lipinski definition) is 6. The van der Waals surface area contributed by atoms with Crippen LogP contribution in [0.25, 0.3) is 0 Å². The Morgan fingerprint density at radius 2 is 2.22 bits per heavy atom. The third-order valence-corrected chi connectivity index (χ3v) is 3.07. The fourth-order valence-electron chi connectivity index (χ4n) is 1.42. The Bertz CT molecular complexity index is 431. The maximum Gasteiger partial charge on any atom is 0.328 e. The molecule has 7 heteroatoms. The van der Waals surface area contributed by atoms with Gasteiger partial charge in [0.25, 0.3) is 0 Å². The van der Waals surface area contributed by atoms with Gasteiger partial charge in [0.1, 0.15) is 6.04 Å². The Hall–Kier alpha value is -1.63. The number of ether oxygens (including phenoxy) is 1. The van der Waals surface area contributed by atoms with Crippen LogP contribution in [0, 0.1) is 5.92 Å². The number of methoxy groups -OCH3 is 1. The third-order valence-electron chi connectivity index (χ3n) is 2.35. The van der Waals surface area contributed by atoms with Crippen LogP contribution in [0.15, 0.2) is 5.38 Å². The van der Waals surface area contributed by atoms with Crippen molar-refractivity contribution in [1.82, 2.24) is 10.3 Å². The van der Waals surface area contributed by atoms with E-state index in [-0.39, 0.29) is 18.2 Å². The summed E-state index contributed by atoms with van der Waals surface area (Å²) in [6, 6.07) is -0.640. The van der Waals surface area contributed by atoms with E-state index in [1.807, 2.05) is 13.8 Å². The van der Waals surface area contributed by atoms with Crippen molar-refractivity contribution in [3.63, 3.8) is 0 Å². The number of hydrogen-bond donors (Lipinski definition) is 2. The number of nitrogens with one attached hydrogen (secondary N) is 1. The first-order valence-corrected chi connectivity index (χ1v) is 6.39. The van der Waals surface area contributed by atoms with Crippen LogP contribution in [0.2, 0.25) is 0 Å². The van der Waals surface area contributed by atoms with E-state index >= 15 is 0 Å². The van der Waals surface area contributed by atoms with Crippen molar-refractivity contribution in [3.05, 3.63) is 11.1 Å². The first kappa shape index (κ1) is 14.4. The standard InChI is InChI=1S/C11H17N3O3S/c1-6(2)9(10(16)17-3)14-8(15)4-7-5-18-11(12)13-7/h5-6,9H,4H2,1-3H3,(H2,12,13)(H,14,15).